The molecule has 1 amide bonds. The number of benzene rings is 1. The Balaban J connectivity index is 1.68. The van der Waals surface area contributed by atoms with Crippen molar-refractivity contribution in [2.75, 3.05) is 5.32 Å². The van der Waals surface area contributed by atoms with Crippen LogP contribution in [0.25, 0.3) is 0 Å². The van der Waals surface area contributed by atoms with Crippen LogP contribution in [-0.2, 0) is 5.54 Å². The van der Waals surface area contributed by atoms with Crippen LogP contribution < -0.4 is 11.1 Å². The highest BCUT2D eigenvalue weighted by Crippen LogP contribution is 2.40. The van der Waals surface area contributed by atoms with Gasteiger partial charge in [0.15, 0.2) is 5.69 Å². The van der Waals surface area contributed by atoms with E-state index in [4.69, 9.17) is 10.3 Å². The smallest absolute Gasteiger partial charge is 0.277 e. The van der Waals surface area contributed by atoms with Crippen LogP contribution in [0.3, 0.4) is 0 Å². The minimum absolute atomic E-state index is 0.259. The van der Waals surface area contributed by atoms with Crippen LogP contribution in [-0.4, -0.2) is 11.1 Å². The highest BCUT2D eigenvalue weighted by Gasteiger charge is 2.28. The molecule has 110 valence electrons. The average Bonchev–Trinajstić information content (AvgIpc) is 3.16. The number of carbonyl (C=O) groups excluding carboxylic acids is 1. The van der Waals surface area contributed by atoms with Crippen molar-refractivity contribution in [2.45, 2.75) is 38.1 Å². The van der Waals surface area contributed by atoms with Gasteiger partial charge in [0.2, 0.25) is 0 Å². The minimum Gasteiger partial charge on any atom is -0.360 e. The van der Waals surface area contributed by atoms with Gasteiger partial charge in [-0.1, -0.05) is 17.3 Å². The third-order valence-electron chi connectivity index (χ3n) is 3.63. The lowest BCUT2D eigenvalue weighted by atomic mass is 9.96. The van der Waals surface area contributed by atoms with Crippen LogP contribution in [0.5, 0.6) is 0 Å². The van der Waals surface area contributed by atoms with Gasteiger partial charge in [0.05, 0.1) is 0 Å². The van der Waals surface area contributed by atoms with Gasteiger partial charge in [-0.15, -0.1) is 0 Å². The molecule has 1 aliphatic rings. The first-order valence-corrected chi connectivity index (χ1v) is 7.11. The van der Waals surface area contributed by atoms with Gasteiger partial charge in [-0.05, 0) is 44.4 Å². The molecule has 0 atom stereocenters. The molecule has 0 aliphatic heterocycles. The van der Waals surface area contributed by atoms with Crippen molar-refractivity contribution in [2.24, 2.45) is 5.73 Å². The lowest BCUT2D eigenvalue weighted by Crippen LogP contribution is -2.28. The summed E-state index contributed by atoms with van der Waals surface area (Å²) in [6, 6.07) is 9.22. The first-order chi connectivity index (χ1) is 9.93. The molecule has 1 aromatic carbocycles. The summed E-state index contributed by atoms with van der Waals surface area (Å²) in [6.07, 6.45) is 2.24. The molecule has 0 saturated heterocycles. The maximum absolute atomic E-state index is 12.1. The van der Waals surface area contributed by atoms with Gasteiger partial charge in [-0.2, -0.15) is 0 Å². The molecular formula is C16H19N3O2. The number of hydrogen-bond donors (Lipinski definition) is 2. The number of nitrogens with one attached hydrogen (secondary N) is 1. The van der Waals surface area contributed by atoms with E-state index in [1.54, 1.807) is 6.07 Å². The molecular weight excluding hydrogens is 266 g/mol. The predicted octanol–water partition coefficient (Wildman–Crippen LogP) is 3.00. The van der Waals surface area contributed by atoms with Gasteiger partial charge in [0.25, 0.3) is 5.91 Å². The van der Waals surface area contributed by atoms with Crippen LogP contribution in [0.1, 0.15) is 54.4 Å². The Morgan fingerprint density at radius 2 is 2.00 bits per heavy atom. The molecule has 2 aromatic rings. The van der Waals surface area contributed by atoms with Crippen molar-refractivity contribution in [3.63, 3.8) is 0 Å². The number of nitrogens with two attached hydrogens (primary N) is 1. The highest BCUT2D eigenvalue weighted by atomic mass is 16.5. The highest BCUT2D eigenvalue weighted by molar-refractivity contribution is 6.02. The Kier molecular flexibility index (Phi) is 3.29. The average molecular weight is 285 g/mol. The molecule has 0 spiro atoms. The Bertz CT molecular complexity index is 649. The summed E-state index contributed by atoms with van der Waals surface area (Å²) < 4.78 is 5.18. The molecule has 1 aliphatic carbocycles. The Morgan fingerprint density at radius 1 is 1.33 bits per heavy atom. The lowest BCUT2D eigenvalue weighted by Gasteiger charge is -2.19. The summed E-state index contributed by atoms with van der Waals surface area (Å²) in [6.45, 7) is 3.88. The van der Waals surface area contributed by atoms with E-state index in [1.807, 2.05) is 38.1 Å². The molecule has 5 nitrogen and oxygen atoms in total. The lowest BCUT2D eigenvalue weighted by molar-refractivity contribution is 0.101. The largest absolute Gasteiger partial charge is 0.360 e. The molecule has 3 N–H and O–H groups in total. The Hall–Kier alpha value is -2.14. The second-order valence-electron chi connectivity index (χ2n) is 6.14. The SMILES string of the molecule is CC(C)(N)c1ccc(NC(=O)c2cc(C3CC3)on2)cc1. The maximum atomic E-state index is 12.1. The van der Waals surface area contributed by atoms with Crippen molar-refractivity contribution in [3.05, 3.63) is 47.3 Å². The van der Waals surface area contributed by atoms with Crippen LogP contribution >= 0.6 is 0 Å². The van der Waals surface area contributed by atoms with E-state index in [-0.39, 0.29) is 5.91 Å². The van der Waals surface area contributed by atoms with E-state index >= 15 is 0 Å². The summed E-state index contributed by atoms with van der Waals surface area (Å²) >= 11 is 0. The number of carbonyl (C=O) groups is 1. The van der Waals surface area contributed by atoms with E-state index in [2.05, 4.69) is 10.5 Å². The molecule has 1 heterocycles. The number of hydrogen-bond acceptors (Lipinski definition) is 4. The summed E-state index contributed by atoms with van der Waals surface area (Å²) in [5.41, 5.74) is 7.67. The standard InChI is InChI=1S/C16H19N3O2/c1-16(2,17)11-5-7-12(8-6-11)18-15(20)13-9-14(21-19-13)10-3-4-10/h5-10H,3-4,17H2,1-2H3,(H,18,20). The van der Waals surface area contributed by atoms with Gasteiger partial charge < -0.3 is 15.6 Å². The molecule has 3 rings (SSSR count). The van der Waals surface area contributed by atoms with Gasteiger partial charge in [-0.25, -0.2) is 0 Å². The number of amides is 1. The molecule has 0 unspecified atom stereocenters. The molecule has 1 saturated carbocycles. The molecule has 1 fully saturated rings. The maximum Gasteiger partial charge on any atom is 0.277 e. The molecule has 5 heteroatoms. The fourth-order valence-corrected chi connectivity index (χ4v) is 2.13. The van der Waals surface area contributed by atoms with Crippen molar-refractivity contribution in [1.82, 2.24) is 5.16 Å². The van der Waals surface area contributed by atoms with Crippen LogP contribution in [0.15, 0.2) is 34.9 Å². The topological polar surface area (TPSA) is 81.1 Å². The second kappa shape index (κ2) is 5.00. The van der Waals surface area contributed by atoms with E-state index in [0.717, 1.165) is 24.2 Å². The minimum atomic E-state index is -0.395. The molecule has 21 heavy (non-hydrogen) atoms. The first kappa shape index (κ1) is 13.8. The van der Waals surface area contributed by atoms with Crippen LogP contribution in [0.2, 0.25) is 0 Å². The van der Waals surface area contributed by atoms with Crippen molar-refractivity contribution in [3.8, 4) is 0 Å². The van der Waals surface area contributed by atoms with Crippen LogP contribution in [0, 0.1) is 0 Å². The van der Waals surface area contributed by atoms with Crippen molar-refractivity contribution in [1.29, 1.82) is 0 Å². The van der Waals surface area contributed by atoms with Gasteiger partial charge in [0, 0.05) is 23.2 Å². The van der Waals surface area contributed by atoms with E-state index in [0.29, 0.717) is 17.3 Å². The van der Waals surface area contributed by atoms with Gasteiger partial charge >= 0.3 is 0 Å². The van der Waals surface area contributed by atoms with Gasteiger partial charge in [0.1, 0.15) is 5.76 Å². The third kappa shape index (κ3) is 3.13. The summed E-state index contributed by atoms with van der Waals surface area (Å²) in [4.78, 5) is 12.1. The fraction of sp³-hybridized carbons (Fsp3) is 0.375. The zero-order valence-corrected chi connectivity index (χ0v) is 12.2. The third-order valence-corrected chi connectivity index (χ3v) is 3.63. The van der Waals surface area contributed by atoms with E-state index in [1.165, 1.54) is 0 Å². The quantitative estimate of drug-likeness (QED) is 0.904. The predicted molar refractivity (Wildman–Crippen MR) is 80.1 cm³/mol. The van der Waals surface area contributed by atoms with Crippen LogP contribution in [0.4, 0.5) is 5.69 Å². The fourth-order valence-electron chi connectivity index (χ4n) is 2.13. The summed E-state index contributed by atoms with van der Waals surface area (Å²) in [5.74, 6) is 0.996. The Morgan fingerprint density at radius 3 is 2.57 bits per heavy atom. The summed E-state index contributed by atoms with van der Waals surface area (Å²) in [7, 11) is 0. The normalized spacial score (nSPS) is 15.0. The Labute approximate surface area is 123 Å². The van der Waals surface area contributed by atoms with E-state index < -0.39 is 5.54 Å². The number of aromatic nitrogens is 1. The monoisotopic (exact) mass is 285 g/mol. The first-order valence-electron chi connectivity index (χ1n) is 7.11. The van der Waals surface area contributed by atoms with Crippen molar-refractivity contribution >= 4 is 11.6 Å². The number of nitrogens with zero attached hydrogens (tertiary/aromatic N) is 1. The summed E-state index contributed by atoms with van der Waals surface area (Å²) in [5, 5.41) is 6.63. The molecule has 0 radical (unpaired) electrons. The zero-order chi connectivity index (χ0) is 15.0. The van der Waals surface area contributed by atoms with Gasteiger partial charge in [-0.3, -0.25) is 4.79 Å². The number of rotatable bonds is 4. The molecule has 1 aromatic heterocycles. The number of anilines is 1. The zero-order valence-electron chi connectivity index (χ0n) is 12.2. The van der Waals surface area contributed by atoms with E-state index in [9.17, 15) is 4.79 Å². The van der Waals surface area contributed by atoms with Crippen molar-refractivity contribution < 1.29 is 9.32 Å². The molecule has 0 bridgehead atoms. The second-order valence-corrected chi connectivity index (χ2v) is 6.14.